The Morgan fingerprint density at radius 1 is 0.938 bits per heavy atom. The SMILES string of the molecule is NCCc1cccc(NC(=O)[C@H]2[C@H]3CCCCC[C@H]3[C@H]2NC(=O)OCc2ccccc2)c1. The number of ether oxygens (including phenoxy) is 1. The molecule has 32 heavy (non-hydrogen) atoms. The van der Waals surface area contributed by atoms with E-state index in [1.165, 1.54) is 6.42 Å². The third kappa shape index (κ3) is 5.30. The third-order valence-corrected chi connectivity index (χ3v) is 6.86. The van der Waals surface area contributed by atoms with Gasteiger partial charge in [0.2, 0.25) is 5.91 Å². The van der Waals surface area contributed by atoms with Gasteiger partial charge in [-0.15, -0.1) is 0 Å². The van der Waals surface area contributed by atoms with Crippen LogP contribution in [-0.2, 0) is 22.6 Å². The Labute approximate surface area is 189 Å². The highest BCUT2D eigenvalue weighted by Crippen LogP contribution is 2.49. The second-order valence-corrected chi connectivity index (χ2v) is 8.95. The van der Waals surface area contributed by atoms with Gasteiger partial charge in [0.15, 0.2) is 0 Å². The zero-order chi connectivity index (χ0) is 22.3. The van der Waals surface area contributed by atoms with Crippen LogP contribution in [0.4, 0.5) is 10.5 Å². The van der Waals surface area contributed by atoms with Gasteiger partial charge < -0.3 is 21.1 Å². The highest BCUT2D eigenvalue weighted by Gasteiger charge is 2.54. The zero-order valence-electron chi connectivity index (χ0n) is 18.5. The van der Waals surface area contributed by atoms with Crippen molar-refractivity contribution < 1.29 is 14.3 Å². The van der Waals surface area contributed by atoms with Crippen LogP contribution in [0.15, 0.2) is 54.6 Å². The number of rotatable bonds is 7. The van der Waals surface area contributed by atoms with Crippen molar-refractivity contribution in [2.24, 2.45) is 23.5 Å². The van der Waals surface area contributed by atoms with Crippen molar-refractivity contribution in [1.29, 1.82) is 0 Å². The predicted octanol–water partition coefficient (Wildman–Crippen LogP) is 4.25. The number of benzene rings is 2. The average Bonchev–Trinajstić information content (AvgIpc) is 3.00. The van der Waals surface area contributed by atoms with Crippen molar-refractivity contribution in [2.75, 3.05) is 11.9 Å². The monoisotopic (exact) mass is 435 g/mol. The van der Waals surface area contributed by atoms with Gasteiger partial charge in [0.05, 0.1) is 5.92 Å². The van der Waals surface area contributed by atoms with Crippen molar-refractivity contribution in [3.63, 3.8) is 0 Å². The second kappa shape index (κ2) is 10.6. The summed E-state index contributed by atoms with van der Waals surface area (Å²) in [6, 6.07) is 17.3. The Morgan fingerprint density at radius 2 is 1.69 bits per heavy atom. The van der Waals surface area contributed by atoms with E-state index >= 15 is 0 Å². The molecule has 0 radical (unpaired) electrons. The van der Waals surface area contributed by atoms with Crippen molar-refractivity contribution >= 4 is 17.7 Å². The minimum absolute atomic E-state index is 0.0218. The van der Waals surface area contributed by atoms with E-state index in [4.69, 9.17) is 10.5 Å². The first-order valence-electron chi connectivity index (χ1n) is 11.7. The van der Waals surface area contributed by atoms with E-state index < -0.39 is 6.09 Å². The summed E-state index contributed by atoms with van der Waals surface area (Å²) in [7, 11) is 0. The molecule has 0 bridgehead atoms. The molecular formula is C26H33N3O3. The number of nitrogens with two attached hydrogens (primary N) is 1. The van der Waals surface area contributed by atoms with Gasteiger partial charge in [-0.3, -0.25) is 4.79 Å². The Hall–Kier alpha value is -2.86. The van der Waals surface area contributed by atoms with Gasteiger partial charge in [-0.1, -0.05) is 61.7 Å². The molecule has 2 aliphatic carbocycles. The number of amides is 2. The third-order valence-electron chi connectivity index (χ3n) is 6.86. The number of anilines is 1. The Balaban J connectivity index is 1.41. The largest absolute Gasteiger partial charge is 0.445 e. The van der Waals surface area contributed by atoms with Crippen molar-refractivity contribution in [3.05, 3.63) is 65.7 Å². The molecule has 2 aliphatic rings. The summed E-state index contributed by atoms with van der Waals surface area (Å²) >= 11 is 0. The lowest BCUT2D eigenvalue weighted by Gasteiger charge is -2.50. The Kier molecular flexibility index (Phi) is 7.43. The maximum atomic E-state index is 13.3. The average molecular weight is 436 g/mol. The molecule has 170 valence electrons. The topological polar surface area (TPSA) is 93.5 Å². The molecule has 0 unspecified atom stereocenters. The molecule has 2 amide bonds. The van der Waals surface area contributed by atoms with Crippen LogP contribution < -0.4 is 16.4 Å². The number of carbonyl (C=O) groups excluding carboxylic acids is 2. The Morgan fingerprint density at radius 3 is 2.47 bits per heavy atom. The number of hydrogen-bond acceptors (Lipinski definition) is 4. The van der Waals surface area contributed by atoms with Crippen LogP contribution in [0.2, 0.25) is 0 Å². The molecule has 2 saturated carbocycles. The fourth-order valence-electron chi connectivity index (χ4n) is 5.30. The molecule has 4 N–H and O–H groups in total. The first-order valence-corrected chi connectivity index (χ1v) is 11.7. The standard InChI is InChI=1S/C26H33N3O3/c27-15-14-18-10-7-11-20(16-18)28-25(30)23-21-12-5-2-6-13-22(21)24(23)29-26(31)32-17-19-8-3-1-4-9-19/h1,3-4,7-11,16,21-24H,2,5-6,12-15,17,27H2,(H,28,30)(H,29,31)/t21-,22+,23-,24+/m0/s1. The van der Waals surface area contributed by atoms with Crippen molar-refractivity contribution in [2.45, 2.75) is 51.2 Å². The summed E-state index contributed by atoms with van der Waals surface area (Å²) in [5.74, 6) is 0.386. The van der Waals surface area contributed by atoms with Crippen LogP contribution in [0.1, 0.15) is 43.2 Å². The molecule has 2 fully saturated rings. The number of nitrogens with one attached hydrogen (secondary N) is 2. The highest BCUT2D eigenvalue weighted by atomic mass is 16.5. The van der Waals surface area contributed by atoms with Gasteiger partial charge in [-0.2, -0.15) is 0 Å². The summed E-state index contributed by atoms with van der Waals surface area (Å²) in [5.41, 5.74) is 8.49. The number of carbonyl (C=O) groups is 2. The number of alkyl carbamates (subject to hydrolysis) is 1. The molecule has 2 aromatic carbocycles. The minimum Gasteiger partial charge on any atom is -0.445 e. The van der Waals surface area contributed by atoms with E-state index in [0.717, 1.165) is 48.9 Å². The van der Waals surface area contributed by atoms with Crippen LogP contribution in [0.3, 0.4) is 0 Å². The number of hydrogen-bond donors (Lipinski definition) is 3. The fraction of sp³-hybridized carbons (Fsp3) is 0.462. The molecule has 2 aromatic rings. The van der Waals surface area contributed by atoms with E-state index in [9.17, 15) is 9.59 Å². The van der Waals surface area contributed by atoms with Crippen LogP contribution in [0.5, 0.6) is 0 Å². The normalized spacial score (nSPS) is 24.4. The molecule has 6 heteroatoms. The van der Waals surface area contributed by atoms with Crippen molar-refractivity contribution in [1.82, 2.24) is 5.32 Å². The van der Waals surface area contributed by atoms with E-state index in [1.54, 1.807) is 0 Å². The summed E-state index contributed by atoms with van der Waals surface area (Å²) in [6.07, 6.45) is 5.88. The zero-order valence-corrected chi connectivity index (χ0v) is 18.5. The fourth-order valence-corrected chi connectivity index (χ4v) is 5.30. The molecule has 0 aliphatic heterocycles. The Bertz CT molecular complexity index is 918. The second-order valence-electron chi connectivity index (χ2n) is 8.95. The van der Waals surface area contributed by atoms with E-state index in [1.807, 2.05) is 54.6 Å². The maximum absolute atomic E-state index is 13.3. The molecule has 4 rings (SSSR count). The molecule has 0 saturated heterocycles. The van der Waals surface area contributed by atoms with Gasteiger partial charge in [-0.05, 0) is 60.9 Å². The number of fused-ring (bicyclic) bond motifs is 1. The maximum Gasteiger partial charge on any atom is 0.407 e. The van der Waals surface area contributed by atoms with Gasteiger partial charge in [-0.25, -0.2) is 4.79 Å². The quantitative estimate of drug-likeness (QED) is 0.606. The van der Waals surface area contributed by atoms with Crippen molar-refractivity contribution in [3.8, 4) is 0 Å². The van der Waals surface area contributed by atoms with Gasteiger partial charge >= 0.3 is 6.09 Å². The van der Waals surface area contributed by atoms with Gasteiger partial charge in [0.1, 0.15) is 6.61 Å². The molecule has 0 heterocycles. The van der Waals surface area contributed by atoms with Crippen LogP contribution >= 0.6 is 0 Å². The van der Waals surface area contributed by atoms with Gasteiger partial charge in [0.25, 0.3) is 0 Å². The lowest BCUT2D eigenvalue weighted by molar-refractivity contribution is -0.131. The lowest BCUT2D eigenvalue weighted by atomic mass is 9.58. The molecule has 0 spiro atoms. The first kappa shape index (κ1) is 22.3. The summed E-state index contributed by atoms with van der Waals surface area (Å²) in [5, 5.41) is 6.11. The minimum atomic E-state index is -0.454. The lowest BCUT2D eigenvalue weighted by Crippen LogP contribution is -2.63. The van der Waals surface area contributed by atoms with E-state index in [-0.39, 0.29) is 24.5 Å². The van der Waals surface area contributed by atoms with Crippen LogP contribution in [-0.4, -0.2) is 24.6 Å². The van der Waals surface area contributed by atoms with Gasteiger partial charge in [0, 0.05) is 11.7 Å². The predicted molar refractivity (Wildman–Crippen MR) is 125 cm³/mol. The van der Waals surface area contributed by atoms with Crippen LogP contribution in [0.25, 0.3) is 0 Å². The smallest absolute Gasteiger partial charge is 0.407 e. The van der Waals surface area contributed by atoms with E-state index in [2.05, 4.69) is 10.6 Å². The molecule has 0 aromatic heterocycles. The van der Waals surface area contributed by atoms with Crippen LogP contribution in [0, 0.1) is 17.8 Å². The molecular weight excluding hydrogens is 402 g/mol. The molecule has 6 nitrogen and oxygen atoms in total. The van der Waals surface area contributed by atoms with E-state index in [0.29, 0.717) is 18.4 Å². The summed E-state index contributed by atoms with van der Waals surface area (Å²) in [4.78, 5) is 25.8. The molecule has 4 atom stereocenters. The summed E-state index contributed by atoms with van der Waals surface area (Å²) in [6.45, 7) is 0.791. The highest BCUT2D eigenvalue weighted by molar-refractivity contribution is 5.94. The summed E-state index contributed by atoms with van der Waals surface area (Å²) < 4.78 is 5.44. The first-order chi connectivity index (χ1) is 15.7.